The molecule has 0 aliphatic heterocycles. The number of para-hydroxylation sites is 2. The highest BCUT2D eigenvalue weighted by Crippen LogP contribution is 2.34. The van der Waals surface area contributed by atoms with Crippen molar-refractivity contribution in [3.63, 3.8) is 0 Å². The van der Waals surface area contributed by atoms with Gasteiger partial charge in [-0.05, 0) is 40.2 Å². The van der Waals surface area contributed by atoms with Crippen molar-refractivity contribution in [2.45, 2.75) is 0 Å². The monoisotopic (exact) mass is 350 g/mol. The fourth-order valence-electron chi connectivity index (χ4n) is 1.80. The van der Waals surface area contributed by atoms with Gasteiger partial charge in [-0.1, -0.05) is 18.2 Å². The summed E-state index contributed by atoms with van der Waals surface area (Å²) in [5.74, 6) is 1.05. The normalized spacial score (nSPS) is 9.86. The number of anilines is 2. The van der Waals surface area contributed by atoms with Crippen LogP contribution in [0.25, 0.3) is 0 Å². The number of urea groups is 1. The number of hydrogen-bond acceptors (Lipinski definition) is 3. The van der Waals surface area contributed by atoms with Crippen molar-refractivity contribution >= 4 is 33.3 Å². The van der Waals surface area contributed by atoms with E-state index in [4.69, 9.17) is 9.47 Å². The molecule has 0 saturated heterocycles. The first-order valence-corrected chi connectivity index (χ1v) is 6.98. The molecule has 2 aromatic carbocycles. The lowest BCUT2D eigenvalue weighted by Crippen LogP contribution is -2.20. The maximum absolute atomic E-state index is 12.1. The number of rotatable bonds is 4. The van der Waals surface area contributed by atoms with Gasteiger partial charge in [0.1, 0.15) is 17.2 Å². The zero-order valence-electron chi connectivity index (χ0n) is 11.6. The van der Waals surface area contributed by atoms with Gasteiger partial charge in [0.25, 0.3) is 0 Å². The molecule has 0 radical (unpaired) electrons. The van der Waals surface area contributed by atoms with E-state index in [0.717, 1.165) is 4.47 Å². The van der Waals surface area contributed by atoms with Crippen LogP contribution in [0.4, 0.5) is 16.2 Å². The van der Waals surface area contributed by atoms with Gasteiger partial charge in [0.2, 0.25) is 0 Å². The third-order valence-corrected chi connectivity index (χ3v) is 3.48. The fraction of sp³-hybridized carbons (Fsp3) is 0.133. The molecule has 110 valence electrons. The molecule has 0 saturated carbocycles. The first kappa shape index (κ1) is 15.2. The molecule has 0 fully saturated rings. The first-order chi connectivity index (χ1) is 10.2. The summed E-state index contributed by atoms with van der Waals surface area (Å²) in [6, 6.07) is 12.2. The molecule has 2 aromatic rings. The molecule has 0 bridgehead atoms. The van der Waals surface area contributed by atoms with Gasteiger partial charge < -0.3 is 20.1 Å². The highest BCUT2D eigenvalue weighted by molar-refractivity contribution is 9.10. The van der Waals surface area contributed by atoms with Crippen molar-refractivity contribution in [3.05, 3.63) is 46.9 Å². The van der Waals surface area contributed by atoms with Crippen molar-refractivity contribution in [2.24, 2.45) is 0 Å². The van der Waals surface area contributed by atoms with E-state index in [1.807, 2.05) is 18.2 Å². The van der Waals surface area contributed by atoms with Gasteiger partial charge in [-0.3, -0.25) is 0 Å². The van der Waals surface area contributed by atoms with Crippen molar-refractivity contribution < 1.29 is 14.3 Å². The molecule has 0 unspecified atom stereocenters. The Bertz CT molecular complexity index is 624. The van der Waals surface area contributed by atoms with Crippen LogP contribution < -0.4 is 20.1 Å². The zero-order chi connectivity index (χ0) is 15.2. The Morgan fingerprint density at radius 2 is 1.57 bits per heavy atom. The summed E-state index contributed by atoms with van der Waals surface area (Å²) >= 11 is 3.37. The van der Waals surface area contributed by atoms with Crippen LogP contribution in [-0.4, -0.2) is 20.3 Å². The molecule has 2 N–H and O–H groups in total. The van der Waals surface area contributed by atoms with Crippen LogP contribution in [0.1, 0.15) is 0 Å². The molecule has 0 atom stereocenters. The maximum Gasteiger partial charge on any atom is 0.323 e. The second kappa shape index (κ2) is 6.99. The molecule has 6 heteroatoms. The minimum absolute atomic E-state index is 0.385. The number of carbonyl (C=O) groups excluding carboxylic acids is 1. The minimum Gasteiger partial charge on any atom is -0.494 e. The number of benzene rings is 2. The summed E-state index contributed by atoms with van der Waals surface area (Å²) < 4.78 is 11.3. The summed E-state index contributed by atoms with van der Waals surface area (Å²) in [7, 11) is 3.07. The standard InChI is InChI=1S/C15H15BrN2O3/c1-20-12-8-5-9-13(21-2)14(12)18-15(19)17-11-7-4-3-6-10(11)16/h3-9H,1-2H3,(H2,17,18,19). The molecule has 0 aliphatic rings. The van der Waals surface area contributed by atoms with Crippen LogP contribution in [0.2, 0.25) is 0 Å². The van der Waals surface area contributed by atoms with Gasteiger partial charge in [-0.15, -0.1) is 0 Å². The maximum atomic E-state index is 12.1. The van der Waals surface area contributed by atoms with Crippen LogP contribution in [-0.2, 0) is 0 Å². The van der Waals surface area contributed by atoms with Gasteiger partial charge in [-0.2, -0.15) is 0 Å². The quantitative estimate of drug-likeness (QED) is 0.872. The van der Waals surface area contributed by atoms with Crippen LogP contribution in [0, 0.1) is 0 Å². The Morgan fingerprint density at radius 3 is 2.14 bits per heavy atom. The fourth-order valence-corrected chi connectivity index (χ4v) is 2.19. The van der Waals surface area contributed by atoms with E-state index in [9.17, 15) is 4.79 Å². The topological polar surface area (TPSA) is 59.6 Å². The number of hydrogen-bond donors (Lipinski definition) is 2. The Balaban J connectivity index is 2.18. The van der Waals surface area contributed by atoms with E-state index >= 15 is 0 Å². The van der Waals surface area contributed by atoms with Gasteiger partial charge in [-0.25, -0.2) is 4.79 Å². The highest BCUT2D eigenvalue weighted by atomic mass is 79.9. The van der Waals surface area contributed by atoms with E-state index in [2.05, 4.69) is 26.6 Å². The molecule has 21 heavy (non-hydrogen) atoms. The summed E-state index contributed by atoms with van der Waals surface area (Å²) in [4.78, 5) is 12.1. The highest BCUT2D eigenvalue weighted by Gasteiger charge is 2.13. The van der Waals surface area contributed by atoms with Gasteiger partial charge in [0.15, 0.2) is 0 Å². The molecule has 2 rings (SSSR count). The zero-order valence-corrected chi connectivity index (χ0v) is 13.2. The molecule has 0 aliphatic carbocycles. The summed E-state index contributed by atoms with van der Waals surface area (Å²) in [5, 5.41) is 5.49. The molecule has 2 amide bonds. The predicted molar refractivity (Wildman–Crippen MR) is 86.3 cm³/mol. The second-order valence-corrected chi connectivity index (χ2v) is 4.95. The minimum atomic E-state index is -0.385. The van der Waals surface area contributed by atoms with Crippen LogP contribution in [0.5, 0.6) is 11.5 Å². The number of ether oxygens (including phenoxy) is 2. The molecular formula is C15H15BrN2O3. The van der Waals surface area contributed by atoms with Gasteiger partial charge >= 0.3 is 6.03 Å². The smallest absolute Gasteiger partial charge is 0.323 e. The number of carbonyl (C=O) groups is 1. The summed E-state index contributed by atoms with van der Waals surface area (Å²) in [6.45, 7) is 0. The Kier molecular flexibility index (Phi) is 5.05. The first-order valence-electron chi connectivity index (χ1n) is 6.19. The van der Waals surface area contributed by atoms with E-state index in [1.54, 1.807) is 24.3 Å². The van der Waals surface area contributed by atoms with Crippen LogP contribution >= 0.6 is 15.9 Å². The van der Waals surface area contributed by atoms with E-state index in [0.29, 0.717) is 22.9 Å². The Labute approximate surface area is 131 Å². The molecule has 5 nitrogen and oxygen atoms in total. The van der Waals surface area contributed by atoms with Gasteiger partial charge in [0, 0.05) is 4.47 Å². The lowest BCUT2D eigenvalue weighted by Gasteiger charge is -2.14. The third kappa shape index (κ3) is 3.66. The lowest BCUT2D eigenvalue weighted by molar-refractivity contribution is 0.262. The predicted octanol–water partition coefficient (Wildman–Crippen LogP) is 4.11. The number of amides is 2. The SMILES string of the molecule is COc1cccc(OC)c1NC(=O)Nc1ccccc1Br. The van der Waals surface area contributed by atoms with Gasteiger partial charge in [0.05, 0.1) is 19.9 Å². The Morgan fingerprint density at radius 1 is 0.952 bits per heavy atom. The summed E-state index contributed by atoms with van der Waals surface area (Å²) in [6.07, 6.45) is 0. The largest absolute Gasteiger partial charge is 0.494 e. The van der Waals surface area contributed by atoms with E-state index in [-0.39, 0.29) is 6.03 Å². The second-order valence-electron chi connectivity index (χ2n) is 4.10. The van der Waals surface area contributed by atoms with Crippen molar-refractivity contribution in [3.8, 4) is 11.5 Å². The lowest BCUT2D eigenvalue weighted by atomic mass is 10.2. The molecule has 0 spiro atoms. The third-order valence-electron chi connectivity index (χ3n) is 2.79. The summed E-state index contributed by atoms with van der Waals surface area (Å²) in [5.41, 5.74) is 1.15. The van der Waals surface area contributed by atoms with Crippen LogP contribution in [0.3, 0.4) is 0 Å². The van der Waals surface area contributed by atoms with Crippen LogP contribution in [0.15, 0.2) is 46.9 Å². The number of methoxy groups -OCH3 is 2. The van der Waals surface area contributed by atoms with E-state index < -0.39 is 0 Å². The molecular weight excluding hydrogens is 336 g/mol. The van der Waals surface area contributed by atoms with Crippen molar-refractivity contribution in [2.75, 3.05) is 24.9 Å². The van der Waals surface area contributed by atoms with Crippen molar-refractivity contribution in [1.82, 2.24) is 0 Å². The van der Waals surface area contributed by atoms with E-state index in [1.165, 1.54) is 14.2 Å². The number of nitrogens with one attached hydrogen (secondary N) is 2. The van der Waals surface area contributed by atoms with Crippen molar-refractivity contribution in [1.29, 1.82) is 0 Å². The average Bonchev–Trinajstić information content (AvgIpc) is 2.49. The average molecular weight is 351 g/mol. The Hall–Kier alpha value is -2.21. The number of halogens is 1. The molecule has 0 heterocycles. The molecule has 0 aromatic heterocycles.